The lowest BCUT2D eigenvalue weighted by Crippen LogP contribution is -2.18. The van der Waals surface area contributed by atoms with Gasteiger partial charge in [0, 0.05) is 0 Å². The third kappa shape index (κ3) is 4.10. The van der Waals surface area contributed by atoms with Crippen LogP contribution in [0.3, 0.4) is 0 Å². The Kier molecular flexibility index (Phi) is 5.58. The molecule has 0 amide bonds. The van der Waals surface area contributed by atoms with Crippen molar-refractivity contribution in [1.82, 2.24) is 0 Å². The van der Waals surface area contributed by atoms with Crippen LogP contribution in [0, 0.1) is 0 Å². The molecule has 0 atom stereocenters. The topological polar surface area (TPSA) is 34.1 Å². The van der Waals surface area contributed by atoms with Gasteiger partial charge in [-0.3, -0.25) is 0 Å². The highest BCUT2D eigenvalue weighted by molar-refractivity contribution is 9.42. The monoisotopic (exact) mass is 514 g/mol. The Morgan fingerprint density at radius 2 is 1.57 bits per heavy atom. The van der Waals surface area contributed by atoms with Crippen LogP contribution in [-0.4, -0.2) is 9.89 Å². The molecular weight excluding hydrogens is 507 g/mol. The Bertz CT molecular complexity index is 741. The molecule has 7 heteroatoms. The summed E-state index contributed by atoms with van der Waals surface area (Å²) in [7, 11) is -3.68. The summed E-state index contributed by atoms with van der Waals surface area (Å²) in [5.41, 5.74) is 2.09. The molecular formula is C14H10Br3ClO2S. The summed E-state index contributed by atoms with van der Waals surface area (Å²) in [4.78, 5) is 0.0617. The summed E-state index contributed by atoms with van der Waals surface area (Å²) >= 11 is 15.2. The largest absolute Gasteiger partial charge is 0.239 e. The number of rotatable bonds is 3. The molecule has 0 N–H and O–H groups in total. The molecule has 0 aliphatic rings. The molecule has 2 aromatic rings. The zero-order valence-electron chi connectivity index (χ0n) is 10.6. The van der Waals surface area contributed by atoms with E-state index in [1.165, 1.54) is 6.07 Å². The Morgan fingerprint density at radius 1 is 0.952 bits per heavy atom. The third-order valence-electron chi connectivity index (χ3n) is 2.84. The molecule has 0 saturated carbocycles. The number of hydrogen-bond donors (Lipinski definition) is 0. The summed E-state index contributed by atoms with van der Waals surface area (Å²) in [6.45, 7) is 0. The van der Waals surface area contributed by atoms with Crippen molar-refractivity contribution in [3.05, 3.63) is 64.7 Å². The van der Waals surface area contributed by atoms with Crippen molar-refractivity contribution in [2.75, 3.05) is 0 Å². The van der Waals surface area contributed by atoms with Gasteiger partial charge in [0.2, 0.25) is 11.3 Å². The normalized spacial score (nSPS) is 12.4. The lowest BCUT2D eigenvalue weighted by atomic mass is 10.1. The van der Waals surface area contributed by atoms with Crippen LogP contribution in [0.15, 0.2) is 53.4 Å². The third-order valence-corrected chi connectivity index (χ3v) is 8.65. The molecule has 0 aromatic heterocycles. The fraction of sp³-hybridized carbons (Fsp3) is 0.143. The summed E-state index contributed by atoms with van der Waals surface area (Å²) < 4.78 is 23.2. The van der Waals surface area contributed by atoms with Gasteiger partial charge in [0.25, 0.3) is 0 Å². The number of sulfone groups is 1. The maximum absolute atomic E-state index is 12.3. The second kappa shape index (κ2) is 6.71. The zero-order chi connectivity index (χ0) is 15.7. The van der Waals surface area contributed by atoms with Gasteiger partial charge in [-0.1, -0.05) is 48.0 Å². The first kappa shape index (κ1) is 17.5. The van der Waals surface area contributed by atoms with Gasteiger partial charge in [-0.25, -0.2) is 8.42 Å². The Labute approximate surface area is 154 Å². The second-order valence-corrected chi connectivity index (χ2v) is 15.2. The van der Waals surface area contributed by atoms with Gasteiger partial charge in [0.1, 0.15) is 0 Å². The van der Waals surface area contributed by atoms with Crippen LogP contribution in [0.5, 0.6) is 0 Å². The summed E-state index contributed by atoms with van der Waals surface area (Å²) in [5.74, 6) is 0. The van der Waals surface area contributed by atoms with Gasteiger partial charge >= 0.3 is 0 Å². The minimum atomic E-state index is -3.68. The molecule has 21 heavy (non-hydrogen) atoms. The van der Waals surface area contributed by atoms with Gasteiger partial charge in [0.15, 0.2) is 0 Å². The maximum Gasteiger partial charge on any atom is 0.239 e. The van der Waals surface area contributed by atoms with Crippen molar-refractivity contribution < 1.29 is 8.42 Å². The minimum Gasteiger partial charge on any atom is -0.220 e. The van der Waals surface area contributed by atoms with E-state index in [0.29, 0.717) is 6.42 Å². The number of benzene rings is 2. The average Bonchev–Trinajstić information content (AvgIpc) is 2.38. The maximum atomic E-state index is 12.3. The molecule has 0 spiro atoms. The van der Waals surface area contributed by atoms with Crippen LogP contribution >= 0.6 is 59.4 Å². The highest BCUT2D eigenvalue weighted by Gasteiger charge is 2.38. The van der Waals surface area contributed by atoms with E-state index in [4.69, 9.17) is 11.6 Å². The molecule has 0 radical (unpaired) electrons. The number of halogens is 4. The highest BCUT2D eigenvalue weighted by atomic mass is 80.0. The molecule has 0 bridgehead atoms. The SMILES string of the molecule is O=S(=O)(c1ccc(Cc2ccccc2)cc1Cl)C(Br)(Br)Br. The molecule has 0 fully saturated rings. The average molecular weight is 517 g/mol. The van der Waals surface area contributed by atoms with E-state index in [1.807, 2.05) is 30.3 Å². The quantitative estimate of drug-likeness (QED) is 0.504. The Balaban J connectivity index is 2.35. The second-order valence-electron chi connectivity index (χ2n) is 4.38. The first-order valence-electron chi connectivity index (χ1n) is 5.85. The van der Waals surface area contributed by atoms with Crippen LogP contribution < -0.4 is 0 Å². The van der Waals surface area contributed by atoms with Crippen LogP contribution in [-0.2, 0) is 16.3 Å². The highest BCUT2D eigenvalue weighted by Crippen LogP contribution is 2.44. The fourth-order valence-corrected chi connectivity index (χ4v) is 4.72. The van der Waals surface area contributed by atoms with Gasteiger partial charge < -0.3 is 0 Å². The minimum absolute atomic E-state index is 0.0617. The van der Waals surface area contributed by atoms with Gasteiger partial charge in [0.05, 0.1) is 9.92 Å². The molecule has 112 valence electrons. The van der Waals surface area contributed by atoms with E-state index in [0.717, 1.165) is 11.1 Å². The summed E-state index contributed by atoms with van der Waals surface area (Å²) in [5, 5.41) is 0.200. The molecule has 0 aliphatic carbocycles. The zero-order valence-corrected chi connectivity index (χ0v) is 16.9. The van der Waals surface area contributed by atoms with Crippen LogP contribution in [0.2, 0.25) is 5.02 Å². The van der Waals surface area contributed by atoms with E-state index in [9.17, 15) is 8.42 Å². The standard InChI is InChI=1S/C14H10Br3ClO2S/c15-14(16,17)21(19,20)13-7-6-11(9-12(13)18)8-10-4-2-1-3-5-10/h1-7,9H,8H2. The Hall–Kier alpha value is 0.120. The van der Waals surface area contributed by atoms with Gasteiger partial charge in [-0.05, 0) is 77.5 Å². The van der Waals surface area contributed by atoms with Crippen molar-refractivity contribution in [3.8, 4) is 0 Å². The Morgan fingerprint density at radius 3 is 2.10 bits per heavy atom. The lowest BCUT2D eigenvalue weighted by molar-refractivity contribution is 0.599. The van der Waals surface area contributed by atoms with E-state index in [-0.39, 0.29) is 9.92 Å². The lowest BCUT2D eigenvalue weighted by Gasteiger charge is -2.15. The van der Waals surface area contributed by atoms with Gasteiger partial charge in [-0.15, -0.1) is 0 Å². The fourth-order valence-electron chi connectivity index (χ4n) is 1.83. The first-order valence-corrected chi connectivity index (χ1v) is 10.1. The van der Waals surface area contributed by atoms with E-state index >= 15 is 0 Å². The predicted octanol–water partition coefficient (Wildman–Crippen LogP) is 5.50. The van der Waals surface area contributed by atoms with Crippen LogP contribution in [0.4, 0.5) is 0 Å². The molecule has 0 unspecified atom stereocenters. The van der Waals surface area contributed by atoms with Crippen LogP contribution in [0.1, 0.15) is 11.1 Å². The van der Waals surface area contributed by atoms with Gasteiger partial charge in [-0.2, -0.15) is 0 Å². The van der Waals surface area contributed by atoms with Crippen molar-refractivity contribution >= 4 is 69.2 Å². The predicted molar refractivity (Wildman–Crippen MR) is 97.4 cm³/mol. The van der Waals surface area contributed by atoms with Crippen molar-refractivity contribution in [3.63, 3.8) is 0 Å². The summed E-state index contributed by atoms with van der Waals surface area (Å²) in [6, 6.07) is 14.9. The van der Waals surface area contributed by atoms with Crippen LogP contribution in [0.25, 0.3) is 0 Å². The molecule has 0 saturated heterocycles. The van der Waals surface area contributed by atoms with Crippen molar-refractivity contribution in [2.45, 2.75) is 12.8 Å². The van der Waals surface area contributed by atoms with E-state index in [2.05, 4.69) is 47.8 Å². The molecule has 0 heterocycles. The first-order chi connectivity index (χ1) is 9.72. The van der Waals surface area contributed by atoms with Crippen molar-refractivity contribution in [1.29, 1.82) is 0 Å². The smallest absolute Gasteiger partial charge is 0.220 e. The van der Waals surface area contributed by atoms with Crippen molar-refractivity contribution in [2.24, 2.45) is 0 Å². The van der Waals surface area contributed by atoms with E-state index in [1.54, 1.807) is 12.1 Å². The molecule has 2 nitrogen and oxygen atoms in total. The molecule has 0 aliphatic heterocycles. The molecule has 2 rings (SSSR count). The summed E-state index contributed by atoms with van der Waals surface area (Å²) in [6.07, 6.45) is 0.697. The van der Waals surface area contributed by atoms with E-state index < -0.39 is 11.3 Å². The number of alkyl halides is 3. The molecule has 2 aromatic carbocycles. The number of hydrogen-bond acceptors (Lipinski definition) is 2.